The van der Waals surface area contributed by atoms with Gasteiger partial charge in [0.05, 0.1) is 16.4 Å². The minimum absolute atomic E-state index is 0.156. The lowest BCUT2D eigenvalue weighted by molar-refractivity contribution is 0.282. The Morgan fingerprint density at radius 1 is 1.47 bits per heavy atom. The molecule has 0 saturated heterocycles. The van der Waals surface area contributed by atoms with Crippen molar-refractivity contribution in [3.8, 4) is 0 Å². The van der Waals surface area contributed by atoms with E-state index in [2.05, 4.69) is 9.55 Å². The second kappa shape index (κ2) is 5.12. The Bertz CT molecular complexity index is 587. The van der Waals surface area contributed by atoms with Crippen LogP contribution < -0.4 is 0 Å². The van der Waals surface area contributed by atoms with Gasteiger partial charge in [0.2, 0.25) is 0 Å². The first kappa shape index (κ1) is 12.9. The molecule has 4 heteroatoms. The van der Waals surface area contributed by atoms with Crippen LogP contribution in [0.1, 0.15) is 43.8 Å². The van der Waals surface area contributed by atoms with Crippen LogP contribution in [-0.2, 0) is 6.54 Å². The topological polar surface area (TPSA) is 17.8 Å². The summed E-state index contributed by atoms with van der Waals surface area (Å²) in [5, 5.41) is -0.156. The fraction of sp³-hybridized carbons (Fsp3) is 0.533. The highest BCUT2D eigenvalue weighted by Crippen LogP contribution is 2.32. The number of imidazole rings is 1. The Morgan fingerprint density at radius 3 is 2.89 bits per heavy atom. The average molecular weight is 281 g/mol. The van der Waals surface area contributed by atoms with Gasteiger partial charge >= 0.3 is 0 Å². The predicted molar refractivity (Wildman–Crippen MR) is 75.9 cm³/mol. The molecule has 2 aromatic rings. The van der Waals surface area contributed by atoms with Gasteiger partial charge in [-0.05, 0) is 37.5 Å². The highest BCUT2D eigenvalue weighted by atomic mass is 35.5. The third-order valence-corrected chi connectivity index (χ3v) is 4.28. The zero-order chi connectivity index (χ0) is 13.4. The summed E-state index contributed by atoms with van der Waals surface area (Å²) in [4.78, 5) is 4.54. The van der Waals surface area contributed by atoms with Gasteiger partial charge in [-0.3, -0.25) is 0 Å². The first-order valence-electron chi connectivity index (χ1n) is 6.95. The molecule has 1 saturated carbocycles. The van der Waals surface area contributed by atoms with E-state index < -0.39 is 0 Å². The molecule has 102 valence electrons. The van der Waals surface area contributed by atoms with Gasteiger partial charge in [-0.2, -0.15) is 0 Å². The SMILES string of the molecule is CC(Cl)c1nc2ccc(F)cc2n1CCC1CCC1. The largest absolute Gasteiger partial charge is 0.327 e. The number of alkyl halides is 1. The molecule has 1 heterocycles. The summed E-state index contributed by atoms with van der Waals surface area (Å²) in [6.45, 7) is 2.80. The van der Waals surface area contributed by atoms with E-state index in [4.69, 9.17) is 11.6 Å². The van der Waals surface area contributed by atoms with Gasteiger partial charge in [0.15, 0.2) is 0 Å². The van der Waals surface area contributed by atoms with Crippen LogP contribution in [0.15, 0.2) is 18.2 Å². The summed E-state index contributed by atoms with van der Waals surface area (Å²) in [6, 6.07) is 4.74. The molecule has 3 rings (SSSR count). The number of rotatable bonds is 4. The number of aryl methyl sites for hydroxylation is 1. The van der Waals surface area contributed by atoms with Crippen LogP contribution in [0.25, 0.3) is 11.0 Å². The molecule has 1 fully saturated rings. The highest BCUT2D eigenvalue weighted by molar-refractivity contribution is 6.20. The van der Waals surface area contributed by atoms with Gasteiger partial charge in [0.25, 0.3) is 0 Å². The number of hydrogen-bond acceptors (Lipinski definition) is 1. The minimum atomic E-state index is -0.217. The van der Waals surface area contributed by atoms with E-state index in [0.717, 1.165) is 35.7 Å². The van der Waals surface area contributed by atoms with Crippen molar-refractivity contribution in [1.29, 1.82) is 0 Å². The van der Waals surface area contributed by atoms with E-state index in [1.54, 1.807) is 12.1 Å². The van der Waals surface area contributed by atoms with Gasteiger partial charge in [-0.1, -0.05) is 19.3 Å². The molecule has 0 N–H and O–H groups in total. The number of benzene rings is 1. The summed E-state index contributed by atoms with van der Waals surface area (Å²) in [5.41, 5.74) is 1.69. The predicted octanol–water partition coefficient (Wildman–Crippen LogP) is 4.67. The molecule has 19 heavy (non-hydrogen) atoms. The summed E-state index contributed by atoms with van der Waals surface area (Å²) in [5.74, 6) is 1.46. The zero-order valence-electron chi connectivity index (χ0n) is 11.1. The second-order valence-electron chi connectivity index (χ2n) is 5.46. The molecular weight excluding hydrogens is 263 g/mol. The first-order chi connectivity index (χ1) is 9.15. The van der Waals surface area contributed by atoms with Crippen molar-refractivity contribution in [2.45, 2.75) is 44.5 Å². The van der Waals surface area contributed by atoms with E-state index in [1.165, 1.54) is 25.3 Å². The summed E-state index contributed by atoms with van der Waals surface area (Å²) in [7, 11) is 0. The van der Waals surface area contributed by atoms with Crippen LogP contribution in [0.2, 0.25) is 0 Å². The quantitative estimate of drug-likeness (QED) is 0.745. The molecule has 1 unspecified atom stereocenters. The molecule has 0 amide bonds. The Kier molecular flexibility index (Phi) is 3.48. The third kappa shape index (κ3) is 2.48. The normalized spacial score (nSPS) is 17.6. The Labute approximate surface area is 117 Å². The van der Waals surface area contributed by atoms with Gasteiger partial charge < -0.3 is 4.57 Å². The molecular formula is C15H18ClFN2. The summed E-state index contributed by atoms with van der Waals surface area (Å²) >= 11 is 6.21. The van der Waals surface area contributed by atoms with Crippen LogP contribution in [0.3, 0.4) is 0 Å². The maximum Gasteiger partial charge on any atom is 0.127 e. The number of hydrogen-bond donors (Lipinski definition) is 0. The van der Waals surface area contributed by atoms with E-state index in [9.17, 15) is 4.39 Å². The van der Waals surface area contributed by atoms with Crippen LogP contribution in [-0.4, -0.2) is 9.55 Å². The monoisotopic (exact) mass is 280 g/mol. The highest BCUT2D eigenvalue weighted by Gasteiger charge is 2.20. The van der Waals surface area contributed by atoms with Gasteiger partial charge in [-0.25, -0.2) is 9.37 Å². The van der Waals surface area contributed by atoms with Crippen molar-refractivity contribution >= 4 is 22.6 Å². The molecule has 0 bridgehead atoms. The Balaban J connectivity index is 1.96. The lowest BCUT2D eigenvalue weighted by Gasteiger charge is -2.25. The maximum absolute atomic E-state index is 13.4. The number of nitrogens with zero attached hydrogens (tertiary/aromatic N) is 2. The first-order valence-corrected chi connectivity index (χ1v) is 7.38. The number of fused-ring (bicyclic) bond motifs is 1. The van der Waals surface area contributed by atoms with Crippen molar-refractivity contribution in [3.63, 3.8) is 0 Å². The van der Waals surface area contributed by atoms with Crippen LogP contribution in [0.5, 0.6) is 0 Å². The number of aromatic nitrogens is 2. The molecule has 1 atom stereocenters. The molecule has 1 aromatic carbocycles. The molecule has 1 aliphatic carbocycles. The van der Waals surface area contributed by atoms with Crippen molar-refractivity contribution in [2.75, 3.05) is 0 Å². The van der Waals surface area contributed by atoms with E-state index >= 15 is 0 Å². The third-order valence-electron chi connectivity index (χ3n) is 4.08. The minimum Gasteiger partial charge on any atom is -0.327 e. The molecule has 0 spiro atoms. The van der Waals surface area contributed by atoms with E-state index in [-0.39, 0.29) is 11.2 Å². The van der Waals surface area contributed by atoms with Crippen molar-refractivity contribution in [3.05, 3.63) is 29.8 Å². The van der Waals surface area contributed by atoms with Crippen LogP contribution >= 0.6 is 11.6 Å². The van der Waals surface area contributed by atoms with Crippen molar-refractivity contribution in [1.82, 2.24) is 9.55 Å². The smallest absolute Gasteiger partial charge is 0.127 e. The van der Waals surface area contributed by atoms with Gasteiger partial charge in [-0.15, -0.1) is 11.6 Å². The lowest BCUT2D eigenvalue weighted by Crippen LogP contribution is -2.15. The number of halogens is 2. The molecule has 1 aliphatic rings. The van der Waals surface area contributed by atoms with Crippen molar-refractivity contribution < 1.29 is 4.39 Å². The van der Waals surface area contributed by atoms with Gasteiger partial charge in [0, 0.05) is 6.54 Å². The van der Waals surface area contributed by atoms with Crippen molar-refractivity contribution in [2.24, 2.45) is 5.92 Å². The molecule has 0 radical (unpaired) electrons. The van der Waals surface area contributed by atoms with E-state index in [1.807, 2.05) is 6.92 Å². The zero-order valence-corrected chi connectivity index (χ0v) is 11.8. The fourth-order valence-corrected chi connectivity index (χ4v) is 2.91. The fourth-order valence-electron chi connectivity index (χ4n) is 2.75. The lowest BCUT2D eigenvalue weighted by atomic mass is 9.83. The van der Waals surface area contributed by atoms with Crippen LogP contribution in [0.4, 0.5) is 4.39 Å². The molecule has 1 aromatic heterocycles. The standard InChI is InChI=1S/C15H18ClFN2/c1-10(16)15-18-13-6-5-12(17)9-14(13)19(15)8-7-11-3-2-4-11/h5-6,9-11H,2-4,7-8H2,1H3. The Hall–Kier alpha value is -1.09. The van der Waals surface area contributed by atoms with E-state index in [0.29, 0.717) is 0 Å². The molecule has 0 aliphatic heterocycles. The van der Waals surface area contributed by atoms with Crippen LogP contribution in [0, 0.1) is 11.7 Å². The Morgan fingerprint density at radius 2 is 2.26 bits per heavy atom. The summed E-state index contributed by atoms with van der Waals surface area (Å²) < 4.78 is 15.5. The maximum atomic E-state index is 13.4. The van der Waals surface area contributed by atoms with Gasteiger partial charge in [0.1, 0.15) is 11.6 Å². The average Bonchev–Trinajstić information content (AvgIpc) is 2.66. The molecule has 2 nitrogen and oxygen atoms in total. The summed E-state index contributed by atoms with van der Waals surface area (Å²) in [6.07, 6.45) is 5.14. The second-order valence-corrected chi connectivity index (χ2v) is 6.11.